The first-order valence-corrected chi connectivity index (χ1v) is 13.4. The lowest BCUT2D eigenvalue weighted by atomic mass is 9.43. The highest BCUT2D eigenvalue weighted by molar-refractivity contribution is 5.66. The van der Waals surface area contributed by atoms with Crippen molar-refractivity contribution < 1.29 is 15.0 Å². The van der Waals surface area contributed by atoms with Crippen LogP contribution in [0.4, 0.5) is 0 Å². The first-order chi connectivity index (χ1) is 14.4. The van der Waals surface area contributed by atoms with Gasteiger partial charge >= 0.3 is 5.97 Å². The Bertz CT molecular complexity index is 666. The summed E-state index contributed by atoms with van der Waals surface area (Å²) in [5.74, 6) is 4.80. The van der Waals surface area contributed by atoms with Crippen LogP contribution < -0.4 is 0 Å². The highest BCUT2D eigenvalue weighted by atomic mass is 16.4. The van der Waals surface area contributed by atoms with Gasteiger partial charge in [-0.05, 0) is 137 Å². The smallest absolute Gasteiger partial charge is 0.303 e. The van der Waals surface area contributed by atoms with Gasteiger partial charge in [-0.1, -0.05) is 20.8 Å². The predicted molar refractivity (Wildman–Crippen MR) is 126 cm³/mol. The van der Waals surface area contributed by atoms with Gasteiger partial charge in [0, 0.05) is 6.42 Å². The molecule has 9 unspecified atom stereocenters. The Morgan fingerprint density at radius 1 is 1.00 bits per heavy atom. The SMILES string of the molecule is CC(CCC(=O)O)C1CCC2C3CCC4CC(CC(C)(C)O)CCC4(C)C3CCC12C. The van der Waals surface area contributed by atoms with Crippen molar-refractivity contribution in [1.82, 2.24) is 0 Å². The molecule has 4 fully saturated rings. The lowest BCUT2D eigenvalue weighted by Crippen LogP contribution is -2.54. The molecular weight excluding hydrogens is 384 g/mol. The van der Waals surface area contributed by atoms with E-state index in [4.69, 9.17) is 5.11 Å². The van der Waals surface area contributed by atoms with Crippen molar-refractivity contribution in [2.24, 2.45) is 52.3 Å². The lowest BCUT2D eigenvalue weighted by Gasteiger charge is -2.61. The lowest BCUT2D eigenvalue weighted by molar-refractivity contribution is -0.138. The molecule has 3 heteroatoms. The Morgan fingerprint density at radius 2 is 1.68 bits per heavy atom. The Balaban J connectivity index is 1.46. The van der Waals surface area contributed by atoms with Gasteiger partial charge in [0.05, 0.1) is 5.60 Å². The van der Waals surface area contributed by atoms with E-state index >= 15 is 0 Å². The summed E-state index contributed by atoms with van der Waals surface area (Å²) >= 11 is 0. The molecule has 31 heavy (non-hydrogen) atoms. The second kappa shape index (κ2) is 8.33. The third kappa shape index (κ3) is 4.34. The van der Waals surface area contributed by atoms with Gasteiger partial charge in [0.25, 0.3) is 0 Å². The van der Waals surface area contributed by atoms with E-state index in [-0.39, 0.29) is 0 Å². The summed E-state index contributed by atoms with van der Waals surface area (Å²) < 4.78 is 0. The molecule has 0 saturated heterocycles. The van der Waals surface area contributed by atoms with Crippen LogP contribution in [-0.4, -0.2) is 21.8 Å². The standard InChI is InChI=1S/C28H48O3/c1-18(6-11-25(29)30)22-9-10-23-21-8-7-20-16-19(17-26(2,3)31)12-14-27(20,4)24(21)13-15-28(22,23)5/h18-24,31H,6-17H2,1-5H3,(H,29,30). The van der Waals surface area contributed by atoms with Gasteiger partial charge in [-0.2, -0.15) is 0 Å². The van der Waals surface area contributed by atoms with E-state index < -0.39 is 11.6 Å². The van der Waals surface area contributed by atoms with Crippen LogP contribution in [0.15, 0.2) is 0 Å². The molecule has 9 atom stereocenters. The molecule has 0 aliphatic heterocycles. The van der Waals surface area contributed by atoms with Gasteiger partial charge in [-0.15, -0.1) is 0 Å². The summed E-state index contributed by atoms with van der Waals surface area (Å²) in [5.41, 5.74) is 0.409. The Hall–Kier alpha value is -0.570. The molecule has 178 valence electrons. The van der Waals surface area contributed by atoms with Crippen molar-refractivity contribution in [1.29, 1.82) is 0 Å². The molecular formula is C28H48O3. The highest BCUT2D eigenvalue weighted by Crippen LogP contribution is 2.68. The van der Waals surface area contributed by atoms with Crippen molar-refractivity contribution in [2.75, 3.05) is 0 Å². The molecule has 0 heterocycles. The molecule has 0 bridgehead atoms. The highest BCUT2D eigenvalue weighted by Gasteiger charge is 2.60. The van der Waals surface area contributed by atoms with Crippen molar-refractivity contribution in [2.45, 2.75) is 117 Å². The van der Waals surface area contributed by atoms with Gasteiger partial charge in [0.15, 0.2) is 0 Å². The van der Waals surface area contributed by atoms with E-state index in [0.717, 1.165) is 36.5 Å². The Labute approximate surface area is 190 Å². The molecule has 0 amide bonds. The number of aliphatic carboxylic acids is 1. The second-order valence-electron chi connectivity index (χ2n) is 13.5. The molecule has 0 radical (unpaired) electrons. The molecule has 4 saturated carbocycles. The average molecular weight is 433 g/mol. The number of aliphatic hydroxyl groups is 1. The molecule has 3 nitrogen and oxygen atoms in total. The minimum Gasteiger partial charge on any atom is -0.481 e. The van der Waals surface area contributed by atoms with E-state index in [1.54, 1.807) is 0 Å². The largest absolute Gasteiger partial charge is 0.481 e. The van der Waals surface area contributed by atoms with Crippen LogP contribution in [-0.2, 0) is 4.79 Å². The summed E-state index contributed by atoms with van der Waals surface area (Å²) in [4.78, 5) is 11.1. The van der Waals surface area contributed by atoms with E-state index in [9.17, 15) is 9.90 Å². The number of fused-ring (bicyclic) bond motifs is 5. The Kier molecular flexibility index (Phi) is 6.34. The van der Waals surface area contributed by atoms with Gasteiger partial charge in [-0.25, -0.2) is 0 Å². The maximum atomic E-state index is 11.1. The number of carboxylic acid groups (broad SMARTS) is 1. The average Bonchev–Trinajstić information content (AvgIpc) is 3.02. The fraction of sp³-hybridized carbons (Fsp3) is 0.964. The van der Waals surface area contributed by atoms with Crippen LogP contribution in [0.25, 0.3) is 0 Å². The fourth-order valence-corrected chi connectivity index (χ4v) is 9.77. The number of carbonyl (C=O) groups is 1. The van der Waals surface area contributed by atoms with E-state index in [2.05, 4.69) is 20.8 Å². The summed E-state index contributed by atoms with van der Waals surface area (Å²) in [6.45, 7) is 11.5. The topological polar surface area (TPSA) is 57.5 Å². The van der Waals surface area contributed by atoms with Gasteiger partial charge < -0.3 is 10.2 Å². The van der Waals surface area contributed by atoms with E-state index in [0.29, 0.717) is 35.0 Å². The summed E-state index contributed by atoms with van der Waals surface area (Å²) in [6, 6.07) is 0. The molecule has 2 N–H and O–H groups in total. The van der Waals surface area contributed by atoms with Crippen LogP contribution in [0.1, 0.15) is 112 Å². The first kappa shape index (κ1) is 23.6. The third-order valence-corrected chi connectivity index (χ3v) is 11.1. The fourth-order valence-electron chi connectivity index (χ4n) is 9.77. The summed E-state index contributed by atoms with van der Waals surface area (Å²) in [7, 11) is 0. The maximum Gasteiger partial charge on any atom is 0.303 e. The first-order valence-electron chi connectivity index (χ1n) is 13.4. The minimum absolute atomic E-state index is 0.329. The van der Waals surface area contributed by atoms with Gasteiger partial charge in [0.1, 0.15) is 0 Å². The third-order valence-electron chi connectivity index (χ3n) is 11.1. The van der Waals surface area contributed by atoms with Crippen molar-refractivity contribution >= 4 is 5.97 Å². The van der Waals surface area contributed by atoms with Crippen LogP contribution in [0, 0.1) is 52.3 Å². The summed E-state index contributed by atoms with van der Waals surface area (Å²) in [5, 5.41) is 19.5. The molecule has 4 aliphatic rings. The molecule has 0 aromatic carbocycles. The maximum absolute atomic E-state index is 11.1. The predicted octanol–water partition coefficient (Wildman–Crippen LogP) is 6.92. The van der Waals surface area contributed by atoms with Crippen LogP contribution in [0.3, 0.4) is 0 Å². The second-order valence-corrected chi connectivity index (χ2v) is 13.5. The zero-order valence-electron chi connectivity index (χ0n) is 20.8. The number of carboxylic acids is 1. The number of hydrogen-bond acceptors (Lipinski definition) is 2. The number of rotatable bonds is 6. The molecule has 0 aromatic rings. The van der Waals surface area contributed by atoms with Crippen LogP contribution in [0.5, 0.6) is 0 Å². The monoisotopic (exact) mass is 432 g/mol. The minimum atomic E-state index is -0.637. The summed E-state index contributed by atoms with van der Waals surface area (Å²) in [6.07, 6.45) is 14.4. The zero-order valence-corrected chi connectivity index (χ0v) is 20.8. The molecule has 4 aliphatic carbocycles. The molecule has 4 rings (SSSR count). The van der Waals surface area contributed by atoms with Gasteiger partial charge in [0.2, 0.25) is 0 Å². The molecule has 0 spiro atoms. The van der Waals surface area contributed by atoms with Crippen molar-refractivity contribution in [3.05, 3.63) is 0 Å². The van der Waals surface area contributed by atoms with E-state index in [1.807, 2.05) is 13.8 Å². The number of hydrogen-bond donors (Lipinski definition) is 2. The normalized spacial score (nSPS) is 46.0. The quantitative estimate of drug-likeness (QED) is 0.479. The molecule has 0 aromatic heterocycles. The van der Waals surface area contributed by atoms with Gasteiger partial charge in [-0.3, -0.25) is 4.79 Å². The van der Waals surface area contributed by atoms with Crippen LogP contribution >= 0.6 is 0 Å². The van der Waals surface area contributed by atoms with E-state index in [1.165, 1.54) is 57.8 Å². The van der Waals surface area contributed by atoms with Crippen molar-refractivity contribution in [3.63, 3.8) is 0 Å². The van der Waals surface area contributed by atoms with Crippen molar-refractivity contribution in [3.8, 4) is 0 Å². The Morgan fingerprint density at radius 3 is 2.35 bits per heavy atom. The zero-order chi connectivity index (χ0) is 22.6. The van der Waals surface area contributed by atoms with Crippen LogP contribution in [0.2, 0.25) is 0 Å².